The van der Waals surface area contributed by atoms with Gasteiger partial charge in [0.25, 0.3) is 0 Å². The first kappa shape index (κ1) is 10.4. The summed E-state index contributed by atoms with van der Waals surface area (Å²) < 4.78 is 5.36. The van der Waals surface area contributed by atoms with Crippen LogP contribution in [-0.2, 0) is 4.74 Å². The Bertz CT molecular complexity index is 186. The van der Waals surface area contributed by atoms with Gasteiger partial charge in [0.1, 0.15) is 0 Å². The second-order valence-electron chi connectivity index (χ2n) is 4.87. The van der Waals surface area contributed by atoms with E-state index in [0.29, 0.717) is 11.5 Å². The molecule has 14 heavy (non-hydrogen) atoms. The van der Waals surface area contributed by atoms with Crippen molar-refractivity contribution < 1.29 is 4.74 Å². The van der Waals surface area contributed by atoms with Crippen LogP contribution in [0.15, 0.2) is 0 Å². The highest BCUT2D eigenvalue weighted by atomic mass is 16.5. The van der Waals surface area contributed by atoms with Crippen molar-refractivity contribution in [2.45, 2.75) is 26.3 Å². The molecule has 0 aromatic heterocycles. The molecule has 82 valence electrons. The summed E-state index contributed by atoms with van der Waals surface area (Å²) in [6.07, 6.45) is 1.25. The highest BCUT2D eigenvalue weighted by Crippen LogP contribution is 2.32. The van der Waals surface area contributed by atoms with Crippen LogP contribution in [0.25, 0.3) is 0 Å². The van der Waals surface area contributed by atoms with Crippen molar-refractivity contribution in [1.82, 2.24) is 10.2 Å². The fraction of sp³-hybridized carbons (Fsp3) is 1.00. The van der Waals surface area contributed by atoms with Crippen LogP contribution in [0.1, 0.15) is 20.3 Å². The minimum absolute atomic E-state index is 0.478. The Morgan fingerprint density at radius 1 is 1.50 bits per heavy atom. The lowest BCUT2D eigenvalue weighted by Crippen LogP contribution is -2.57. The molecule has 2 aliphatic heterocycles. The molecule has 0 aromatic rings. The van der Waals surface area contributed by atoms with Crippen LogP contribution >= 0.6 is 0 Å². The first-order chi connectivity index (χ1) is 6.76. The third kappa shape index (κ3) is 1.95. The average molecular weight is 198 g/mol. The average Bonchev–Trinajstić information content (AvgIpc) is 2.14. The van der Waals surface area contributed by atoms with E-state index in [9.17, 15) is 0 Å². The van der Waals surface area contributed by atoms with Crippen LogP contribution in [-0.4, -0.2) is 50.3 Å². The van der Waals surface area contributed by atoms with Gasteiger partial charge in [-0.1, -0.05) is 6.92 Å². The number of ether oxygens (including phenoxy) is 1. The molecule has 0 spiro atoms. The number of piperazine rings is 1. The highest BCUT2D eigenvalue weighted by molar-refractivity contribution is 4.90. The maximum atomic E-state index is 5.36. The van der Waals surface area contributed by atoms with E-state index in [0.717, 1.165) is 26.3 Å². The van der Waals surface area contributed by atoms with Gasteiger partial charge in [-0.25, -0.2) is 0 Å². The normalized spacial score (nSPS) is 32.6. The largest absolute Gasteiger partial charge is 0.380 e. The zero-order valence-electron chi connectivity index (χ0n) is 9.38. The lowest BCUT2D eigenvalue weighted by Gasteiger charge is -2.46. The summed E-state index contributed by atoms with van der Waals surface area (Å²) in [5, 5.41) is 3.43. The van der Waals surface area contributed by atoms with Crippen LogP contribution in [0, 0.1) is 5.41 Å². The van der Waals surface area contributed by atoms with E-state index in [4.69, 9.17) is 4.74 Å². The van der Waals surface area contributed by atoms with E-state index >= 15 is 0 Å². The third-order valence-electron chi connectivity index (χ3n) is 3.74. The molecule has 2 fully saturated rings. The van der Waals surface area contributed by atoms with E-state index < -0.39 is 0 Å². The van der Waals surface area contributed by atoms with Crippen molar-refractivity contribution in [3.05, 3.63) is 0 Å². The van der Waals surface area contributed by atoms with Crippen LogP contribution in [0.3, 0.4) is 0 Å². The summed E-state index contributed by atoms with van der Waals surface area (Å²) in [5.74, 6) is 0. The smallest absolute Gasteiger partial charge is 0.0557 e. The first-order valence-corrected chi connectivity index (χ1v) is 5.78. The zero-order chi connectivity index (χ0) is 10.0. The Balaban J connectivity index is 1.88. The molecule has 2 rings (SSSR count). The fourth-order valence-corrected chi connectivity index (χ4v) is 2.35. The number of hydrogen-bond acceptors (Lipinski definition) is 3. The number of nitrogens with zero attached hydrogens (tertiary/aromatic N) is 1. The van der Waals surface area contributed by atoms with Gasteiger partial charge in [-0.15, -0.1) is 0 Å². The molecular weight excluding hydrogens is 176 g/mol. The monoisotopic (exact) mass is 198 g/mol. The highest BCUT2D eigenvalue weighted by Gasteiger charge is 2.39. The fourth-order valence-electron chi connectivity index (χ4n) is 2.35. The van der Waals surface area contributed by atoms with Gasteiger partial charge in [0, 0.05) is 37.6 Å². The predicted molar refractivity (Wildman–Crippen MR) is 57.4 cm³/mol. The SMILES string of the molecule is CCC1(CN2CCNC[C@@H]2C)COC1. The summed E-state index contributed by atoms with van der Waals surface area (Å²) in [5.41, 5.74) is 0.478. The molecule has 3 nitrogen and oxygen atoms in total. The predicted octanol–water partition coefficient (Wildman–Crippen LogP) is 0.707. The molecule has 1 N–H and O–H groups in total. The van der Waals surface area contributed by atoms with Gasteiger partial charge < -0.3 is 10.1 Å². The molecule has 0 unspecified atom stereocenters. The van der Waals surface area contributed by atoms with Crippen molar-refractivity contribution in [1.29, 1.82) is 0 Å². The second-order valence-corrected chi connectivity index (χ2v) is 4.87. The van der Waals surface area contributed by atoms with Crippen molar-refractivity contribution in [3.63, 3.8) is 0 Å². The van der Waals surface area contributed by atoms with Crippen molar-refractivity contribution >= 4 is 0 Å². The molecule has 2 saturated heterocycles. The maximum absolute atomic E-state index is 5.36. The standard InChI is InChI=1S/C11H22N2O/c1-3-11(8-14-9-11)7-13-5-4-12-6-10(13)2/h10,12H,3-9H2,1-2H3/t10-/m0/s1. The molecule has 0 bridgehead atoms. The summed E-state index contributed by atoms with van der Waals surface area (Å²) >= 11 is 0. The Kier molecular flexibility index (Phi) is 3.10. The van der Waals surface area contributed by atoms with Gasteiger partial charge in [0.15, 0.2) is 0 Å². The molecule has 0 saturated carbocycles. The molecule has 0 radical (unpaired) electrons. The van der Waals surface area contributed by atoms with Gasteiger partial charge in [-0.3, -0.25) is 4.90 Å². The van der Waals surface area contributed by atoms with Crippen LogP contribution in [0.5, 0.6) is 0 Å². The van der Waals surface area contributed by atoms with E-state index in [1.165, 1.54) is 19.5 Å². The Morgan fingerprint density at radius 2 is 2.29 bits per heavy atom. The second kappa shape index (κ2) is 4.17. The molecule has 1 atom stereocenters. The Morgan fingerprint density at radius 3 is 2.79 bits per heavy atom. The Labute approximate surface area is 86.8 Å². The molecule has 0 amide bonds. The van der Waals surface area contributed by atoms with Gasteiger partial charge in [-0.2, -0.15) is 0 Å². The zero-order valence-corrected chi connectivity index (χ0v) is 9.38. The quantitative estimate of drug-likeness (QED) is 0.723. The van der Waals surface area contributed by atoms with Gasteiger partial charge in [0.2, 0.25) is 0 Å². The topological polar surface area (TPSA) is 24.5 Å². The van der Waals surface area contributed by atoms with E-state index in [1.807, 2.05) is 0 Å². The lowest BCUT2D eigenvalue weighted by atomic mass is 9.82. The molecule has 3 heteroatoms. The van der Waals surface area contributed by atoms with E-state index in [-0.39, 0.29) is 0 Å². The molecule has 2 heterocycles. The summed E-state index contributed by atoms with van der Waals surface area (Å²) in [7, 11) is 0. The molecular formula is C11H22N2O. The van der Waals surface area contributed by atoms with Crippen molar-refractivity contribution in [2.75, 3.05) is 39.4 Å². The summed E-state index contributed by atoms with van der Waals surface area (Å²) in [6.45, 7) is 11.3. The van der Waals surface area contributed by atoms with Crippen molar-refractivity contribution in [3.8, 4) is 0 Å². The number of rotatable bonds is 3. The molecule has 2 aliphatic rings. The van der Waals surface area contributed by atoms with Crippen molar-refractivity contribution in [2.24, 2.45) is 5.41 Å². The minimum Gasteiger partial charge on any atom is -0.380 e. The third-order valence-corrected chi connectivity index (χ3v) is 3.74. The molecule has 0 aliphatic carbocycles. The number of hydrogen-bond donors (Lipinski definition) is 1. The van der Waals surface area contributed by atoms with Gasteiger partial charge >= 0.3 is 0 Å². The van der Waals surface area contributed by atoms with Crippen LogP contribution in [0.4, 0.5) is 0 Å². The Hall–Kier alpha value is -0.120. The van der Waals surface area contributed by atoms with E-state index in [1.54, 1.807) is 0 Å². The first-order valence-electron chi connectivity index (χ1n) is 5.78. The number of nitrogens with one attached hydrogen (secondary N) is 1. The van der Waals surface area contributed by atoms with E-state index in [2.05, 4.69) is 24.1 Å². The van der Waals surface area contributed by atoms with Crippen LogP contribution in [0.2, 0.25) is 0 Å². The minimum atomic E-state index is 0.478. The lowest BCUT2D eigenvalue weighted by molar-refractivity contribution is -0.132. The molecule has 0 aromatic carbocycles. The maximum Gasteiger partial charge on any atom is 0.0557 e. The van der Waals surface area contributed by atoms with Gasteiger partial charge in [0.05, 0.1) is 13.2 Å². The van der Waals surface area contributed by atoms with Gasteiger partial charge in [-0.05, 0) is 13.3 Å². The summed E-state index contributed by atoms with van der Waals surface area (Å²) in [4.78, 5) is 2.61. The summed E-state index contributed by atoms with van der Waals surface area (Å²) in [6, 6.07) is 0.688. The van der Waals surface area contributed by atoms with Crippen LogP contribution < -0.4 is 5.32 Å².